The first-order valence-electron chi connectivity index (χ1n) is 8.26. The number of aromatic amines is 2. The predicted octanol–water partition coefficient (Wildman–Crippen LogP) is 0.858. The van der Waals surface area contributed by atoms with E-state index in [1.807, 2.05) is 0 Å². The second-order valence-corrected chi connectivity index (χ2v) is 6.41. The van der Waals surface area contributed by atoms with E-state index in [0.717, 1.165) is 12.8 Å². The highest BCUT2D eigenvalue weighted by molar-refractivity contribution is 5.80. The third kappa shape index (κ3) is 3.49. The van der Waals surface area contributed by atoms with Crippen LogP contribution in [0.15, 0.2) is 21.7 Å². The maximum Gasteiger partial charge on any atom is 0.314 e. The van der Waals surface area contributed by atoms with Gasteiger partial charge in [-0.1, -0.05) is 12.8 Å². The van der Waals surface area contributed by atoms with E-state index in [4.69, 9.17) is 0 Å². The number of hydrogen-bond acceptors (Lipinski definition) is 6. The zero-order chi connectivity index (χ0) is 18.8. The van der Waals surface area contributed by atoms with Crippen molar-refractivity contribution in [2.75, 3.05) is 0 Å². The van der Waals surface area contributed by atoms with E-state index < -0.39 is 27.9 Å². The summed E-state index contributed by atoms with van der Waals surface area (Å²) in [6.07, 6.45) is 3.02. The maximum absolute atomic E-state index is 11.6. The molecule has 1 aromatic carbocycles. The molecule has 1 heterocycles. The van der Waals surface area contributed by atoms with Crippen LogP contribution in [0.5, 0.6) is 0 Å². The van der Waals surface area contributed by atoms with Crippen LogP contribution in [0.25, 0.3) is 11.0 Å². The number of nitro groups is 1. The van der Waals surface area contributed by atoms with Crippen molar-refractivity contribution in [3.8, 4) is 0 Å². The summed E-state index contributed by atoms with van der Waals surface area (Å²) in [6.45, 7) is 0.134. The zero-order valence-electron chi connectivity index (χ0n) is 13.8. The fraction of sp³-hybridized carbons (Fsp3) is 0.438. The molecule has 0 unspecified atom stereocenters. The fourth-order valence-electron chi connectivity index (χ4n) is 3.44. The Balaban J connectivity index is 1.96. The number of nitrogens with one attached hydrogen (secondary N) is 3. The lowest BCUT2D eigenvalue weighted by atomic mass is 9.84. The first kappa shape index (κ1) is 17.8. The quantitative estimate of drug-likeness (QED) is 0.349. The summed E-state index contributed by atoms with van der Waals surface area (Å²) in [5.41, 5.74) is -1.12. The number of aromatic nitrogens is 2. The molecule has 0 saturated heterocycles. The van der Waals surface area contributed by atoms with Gasteiger partial charge in [0.05, 0.1) is 21.9 Å². The van der Waals surface area contributed by atoms with Crippen LogP contribution in [0.4, 0.5) is 5.69 Å². The van der Waals surface area contributed by atoms with E-state index in [1.165, 1.54) is 12.1 Å². The highest BCUT2D eigenvalue weighted by Crippen LogP contribution is 2.26. The van der Waals surface area contributed by atoms with Gasteiger partial charge in [0.25, 0.3) is 5.69 Å². The average Bonchev–Trinajstić information content (AvgIpc) is 2.60. The van der Waals surface area contributed by atoms with E-state index in [-0.39, 0.29) is 29.3 Å². The highest BCUT2D eigenvalue weighted by atomic mass is 16.6. The molecule has 4 N–H and O–H groups in total. The van der Waals surface area contributed by atoms with Crippen LogP contribution < -0.4 is 16.4 Å². The Morgan fingerprint density at radius 2 is 1.92 bits per heavy atom. The molecule has 0 spiro atoms. The van der Waals surface area contributed by atoms with Crippen molar-refractivity contribution < 1.29 is 14.8 Å². The Morgan fingerprint density at radius 3 is 2.62 bits per heavy atom. The number of carboxylic acid groups (broad SMARTS) is 1. The monoisotopic (exact) mass is 362 g/mol. The molecule has 26 heavy (non-hydrogen) atoms. The number of hydrogen-bond donors (Lipinski definition) is 4. The number of carboxylic acids is 1. The summed E-state index contributed by atoms with van der Waals surface area (Å²) in [5, 5.41) is 23.6. The number of nitro benzene ring substituents is 1. The minimum absolute atomic E-state index is 0.134. The molecule has 2 aromatic rings. The van der Waals surface area contributed by atoms with Gasteiger partial charge in [-0.25, -0.2) is 0 Å². The number of H-pyrrole nitrogens is 2. The van der Waals surface area contributed by atoms with Gasteiger partial charge in [0.1, 0.15) is 0 Å². The molecule has 1 aromatic heterocycles. The highest BCUT2D eigenvalue weighted by Gasteiger charge is 2.30. The van der Waals surface area contributed by atoms with Crippen molar-refractivity contribution >= 4 is 22.7 Å². The normalized spacial score (nSPS) is 20.2. The van der Waals surface area contributed by atoms with Crippen LogP contribution in [-0.2, 0) is 11.3 Å². The maximum atomic E-state index is 11.6. The lowest BCUT2D eigenvalue weighted by Gasteiger charge is -2.29. The van der Waals surface area contributed by atoms with E-state index in [1.54, 1.807) is 0 Å². The Labute approximate surface area is 146 Å². The van der Waals surface area contributed by atoms with Gasteiger partial charge in [-0.15, -0.1) is 0 Å². The molecule has 10 heteroatoms. The SMILES string of the molecule is O=C(O)[C@@H]1CCCC[C@@H]1NCc1cc([N+](=O)[O-])cc2[nH]c(=O)c(=O)[nH]c12. The largest absolute Gasteiger partial charge is 0.481 e. The molecule has 10 nitrogen and oxygen atoms in total. The van der Waals surface area contributed by atoms with Gasteiger partial charge in [-0.3, -0.25) is 24.5 Å². The fourth-order valence-corrected chi connectivity index (χ4v) is 3.44. The summed E-state index contributed by atoms with van der Waals surface area (Å²) in [5.74, 6) is -1.39. The number of benzene rings is 1. The summed E-state index contributed by atoms with van der Waals surface area (Å²) < 4.78 is 0. The second-order valence-electron chi connectivity index (χ2n) is 6.41. The molecule has 1 aliphatic rings. The van der Waals surface area contributed by atoms with Gasteiger partial charge in [0.2, 0.25) is 0 Å². The van der Waals surface area contributed by atoms with E-state index in [2.05, 4.69) is 15.3 Å². The first-order chi connectivity index (χ1) is 12.4. The molecule has 3 rings (SSSR count). The molecule has 1 aliphatic carbocycles. The van der Waals surface area contributed by atoms with Crippen molar-refractivity contribution in [1.82, 2.24) is 15.3 Å². The third-order valence-corrected chi connectivity index (χ3v) is 4.75. The predicted molar refractivity (Wildman–Crippen MR) is 92.1 cm³/mol. The van der Waals surface area contributed by atoms with Gasteiger partial charge >= 0.3 is 17.1 Å². The van der Waals surface area contributed by atoms with Crippen LogP contribution in [0.2, 0.25) is 0 Å². The topological polar surface area (TPSA) is 158 Å². The van der Waals surface area contributed by atoms with Gasteiger partial charge in [-0.2, -0.15) is 0 Å². The molecule has 0 radical (unpaired) electrons. The number of aliphatic carboxylic acids is 1. The minimum Gasteiger partial charge on any atom is -0.481 e. The molecule has 0 aliphatic heterocycles. The smallest absolute Gasteiger partial charge is 0.314 e. The molecule has 1 saturated carbocycles. The summed E-state index contributed by atoms with van der Waals surface area (Å²) in [7, 11) is 0. The lowest BCUT2D eigenvalue weighted by Crippen LogP contribution is -2.42. The number of rotatable bonds is 5. The van der Waals surface area contributed by atoms with Crippen molar-refractivity contribution in [1.29, 1.82) is 0 Å². The number of fused-ring (bicyclic) bond motifs is 1. The summed E-state index contributed by atoms with van der Waals surface area (Å²) in [4.78, 5) is 49.8. The molecular weight excluding hydrogens is 344 g/mol. The third-order valence-electron chi connectivity index (χ3n) is 4.75. The molecular formula is C16H18N4O6. The molecule has 138 valence electrons. The Bertz CT molecular complexity index is 979. The summed E-state index contributed by atoms with van der Waals surface area (Å²) >= 11 is 0. The van der Waals surface area contributed by atoms with Crippen LogP contribution in [0.1, 0.15) is 31.2 Å². The number of non-ortho nitro benzene ring substituents is 1. The van der Waals surface area contributed by atoms with Crippen molar-refractivity contribution in [3.63, 3.8) is 0 Å². The van der Waals surface area contributed by atoms with Crippen LogP contribution in [0.3, 0.4) is 0 Å². The average molecular weight is 362 g/mol. The van der Waals surface area contributed by atoms with Crippen LogP contribution in [-0.4, -0.2) is 32.0 Å². The van der Waals surface area contributed by atoms with E-state index in [9.17, 15) is 29.6 Å². The Hall–Kier alpha value is -3.01. The van der Waals surface area contributed by atoms with Crippen LogP contribution in [0, 0.1) is 16.0 Å². The number of carbonyl (C=O) groups is 1. The second kappa shape index (κ2) is 7.08. The van der Waals surface area contributed by atoms with Crippen molar-refractivity contribution in [2.45, 2.75) is 38.3 Å². The van der Waals surface area contributed by atoms with E-state index >= 15 is 0 Å². The first-order valence-corrected chi connectivity index (χ1v) is 8.26. The lowest BCUT2D eigenvalue weighted by molar-refractivity contribution is -0.384. The zero-order valence-corrected chi connectivity index (χ0v) is 13.8. The molecule has 0 bridgehead atoms. The van der Waals surface area contributed by atoms with Gasteiger partial charge < -0.3 is 20.4 Å². The van der Waals surface area contributed by atoms with Gasteiger partial charge in [0, 0.05) is 24.7 Å². The minimum atomic E-state index is -0.893. The summed E-state index contributed by atoms with van der Waals surface area (Å²) in [6, 6.07) is 2.23. The van der Waals surface area contributed by atoms with E-state index in [0.29, 0.717) is 18.4 Å². The van der Waals surface area contributed by atoms with Crippen LogP contribution >= 0.6 is 0 Å². The molecule has 0 amide bonds. The number of nitrogens with zero attached hydrogens (tertiary/aromatic N) is 1. The van der Waals surface area contributed by atoms with Crippen molar-refractivity contribution in [3.05, 3.63) is 48.5 Å². The standard InChI is InChI=1S/C16H18N4O6/c21-14-15(22)19-13-8(5-9(20(25)26)6-12(13)18-14)7-17-11-4-2-1-3-10(11)16(23)24/h5-6,10-11,17H,1-4,7H2,(H,18,21)(H,19,22)(H,23,24)/t10-,11+/m1/s1. The molecule has 2 atom stereocenters. The van der Waals surface area contributed by atoms with Crippen molar-refractivity contribution in [2.24, 2.45) is 5.92 Å². The molecule has 1 fully saturated rings. The Morgan fingerprint density at radius 1 is 1.23 bits per heavy atom. The van der Waals surface area contributed by atoms with Gasteiger partial charge in [0.15, 0.2) is 0 Å². The Kier molecular flexibility index (Phi) is 4.85. The van der Waals surface area contributed by atoms with Gasteiger partial charge in [-0.05, 0) is 18.4 Å².